The maximum atomic E-state index is 12.8. The molecule has 2 aromatic rings. The van der Waals surface area contributed by atoms with Crippen LogP contribution < -0.4 is 4.74 Å². The SMILES string of the molecule is CCOC(=O)Cc1ccccc1C(=O)OC1CCC(OC(=O)c2ccccc2OC(=O)OCC)CC1. The van der Waals surface area contributed by atoms with Crippen molar-refractivity contribution in [1.82, 2.24) is 0 Å². The smallest absolute Gasteiger partial charge is 0.466 e. The van der Waals surface area contributed by atoms with Crippen molar-refractivity contribution in [2.24, 2.45) is 0 Å². The Balaban J connectivity index is 1.53. The van der Waals surface area contributed by atoms with Crippen molar-refractivity contribution in [3.63, 3.8) is 0 Å². The van der Waals surface area contributed by atoms with E-state index in [4.69, 9.17) is 23.7 Å². The highest BCUT2D eigenvalue weighted by molar-refractivity contribution is 5.93. The summed E-state index contributed by atoms with van der Waals surface area (Å²) in [4.78, 5) is 49.0. The van der Waals surface area contributed by atoms with Crippen molar-refractivity contribution in [3.8, 4) is 5.75 Å². The molecule has 0 amide bonds. The van der Waals surface area contributed by atoms with Gasteiger partial charge in [0.15, 0.2) is 0 Å². The van der Waals surface area contributed by atoms with E-state index in [1.807, 2.05) is 0 Å². The van der Waals surface area contributed by atoms with Gasteiger partial charge in [0.1, 0.15) is 23.5 Å². The Kier molecular flexibility index (Phi) is 9.85. The quantitative estimate of drug-likeness (QED) is 0.277. The summed E-state index contributed by atoms with van der Waals surface area (Å²) in [5.74, 6) is -1.46. The molecule has 1 aliphatic rings. The van der Waals surface area contributed by atoms with E-state index in [-0.39, 0.29) is 43.2 Å². The van der Waals surface area contributed by atoms with Crippen LogP contribution in [0.15, 0.2) is 48.5 Å². The zero-order valence-electron chi connectivity index (χ0n) is 20.4. The second-order valence-corrected chi connectivity index (χ2v) is 8.13. The summed E-state index contributed by atoms with van der Waals surface area (Å²) in [6, 6.07) is 13.1. The molecule has 0 spiro atoms. The second-order valence-electron chi connectivity index (χ2n) is 8.13. The van der Waals surface area contributed by atoms with E-state index < -0.39 is 24.1 Å². The first-order valence-electron chi connectivity index (χ1n) is 12.0. The van der Waals surface area contributed by atoms with Gasteiger partial charge in [0, 0.05) is 0 Å². The minimum Gasteiger partial charge on any atom is -0.466 e. The number of para-hydroxylation sites is 1. The number of esters is 3. The first-order valence-corrected chi connectivity index (χ1v) is 12.0. The van der Waals surface area contributed by atoms with Crippen molar-refractivity contribution in [1.29, 1.82) is 0 Å². The highest BCUT2D eigenvalue weighted by Crippen LogP contribution is 2.27. The van der Waals surface area contributed by atoms with Gasteiger partial charge in [0.05, 0.1) is 25.2 Å². The van der Waals surface area contributed by atoms with Crippen LogP contribution in [0.3, 0.4) is 0 Å². The van der Waals surface area contributed by atoms with E-state index in [1.54, 1.807) is 50.2 Å². The van der Waals surface area contributed by atoms with Gasteiger partial charge in [0.25, 0.3) is 0 Å². The van der Waals surface area contributed by atoms with Crippen LogP contribution in [0.25, 0.3) is 0 Å². The van der Waals surface area contributed by atoms with Gasteiger partial charge in [-0.3, -0.25) is 4.79 Å². The minimum atomic E-state index is -0.899. The van der Waals surface area contributed by atoms with E-state index >= 15 is 0 Å². The largest absolute Gasteiger partial charge is 0.513 e. The number of benzene rings is 2. The summed E-state index contributed by atoms with van der Waals surface area (Å²) in [5, 5.41) is 0. The molecule has 9 heteroatoms. The van der Waals surface area contributed by atoms with Gasteiger partial charge < -0.3 is 23.7 Å². The summed E-state index contributed by atoms with van der Waals surface area (Å²) in [6.07, 6.45) is 0.452. The van der Waals surface area contributed by atoms with Gasteiger partial charge in [-0.1, -0.05) is 30.3 Å². The molecule has 0 saturated heterocycles. The van der Waals surface area contributed by atoms with E-state index in [9.17, 15) is 19.2 Å². The van der Waals surface area contributed by atoms with Gasteiger partial charge >= 0.3 is 24.1 Å². The Bertz CT molecular complexity index is 985. The molecule has 1 saturated carbocycles. The molecule has 0 radical (unpaired) electrons. The second kappa shape index (κ2) is 13.3. The molecular weight excluding hydrogens is 468 g/mol. The summed E-state index contributed by atoms with van der Waals surface area (Å²) in [5.41, 5.74) is 1.00. The van der Waals surface area contributed by atoms with Crippen LogP contribution in [-0.4, -0.2) is 49.5 Å². The Morgan fingerprint density at radius 2 is 1.25 bits per heavy atom. The van der Waals surface area contributed by atoms with Crippen LogP contribution in [0, 0.1) is 0 Å². The first kappa shape index (κ1) is 26.7. The predicted molar refractivity (Wildman–Crippen MR) is 128 cm³/mol. The van der Waals surface area contributed by atoms with Crippen LogP contribution >= 0.6 is 0 Å². The molecule has 9 nitrogen and oxygen atoms in total. The lowest BCUT2D eigenvalue weighted by Crippen LogP contribution is -2.30. The standard InChI is InChI=1S/C27H30O9/c1-3-32-24(28)17-18-9-5-6-10-21(18)25(29)34-19-13-15-20(16-14-19)35-26(30)22-11-7-8-12-23(22)36-27(31)33-4-2/h5-12,19-20H,3-4,13-17H2,1-2H3. The fourth-order valence-electron chi connectivity index (χ4n) is 3.90. The number of hydrogen-bond acceptors (Lipinski definition) is 9. The molecule has 1 aliphatic carbocycles. The molecule has 0 N–H and O–H groups in total. The van der Waals surface area contributed by atoms with E-state index in [0.29, 0.717) is 36.8 Å². The molecule has 2 aromatic carbocycles. The van der Waals surface area contributed by atoms with E-state index in [1.165, 1.54) is 12.1 Å². The van der Waals surface area contributed by atoms with Gasteiger partial charge in [-0.25, -0.2) is 14.4 Å². The summed E-state index contributed by atoms with van der Waals surface area (Å²) in [6.45, 7) is 3.79. The molecule has 192 valence electrons. The van der Waals surface area contributed by atoms with Gasteiger partial charge in [-0.05, 0) is 63.3 Å². The first-order chi connectivity index (χ1) is 17.4. The average Bonchev–Trinajstić information content (AvgIpc) is 2.86. The fraction of sp³-hybridized carbons (Fsp3) is 0.407. The Morgan fingerprint density at radius 3 is 1.86 bits per heavy atom. The molecule has 0 unspecified atom stereocenters. The van der Waals surface area contributed by atoms with Crippen molar-refractivity contribution < 1.29 is 42.9 Å². The monoisotopic (exact) mass is 498 g/mol. The molecule has 0 heterocycles. The molecule has 0 atom stereocenters. The number of carbonyl (C=O) groups is 4. The summed E-state index contributed by atoms with van der Waals surface area (Å²) >= 11 is 0. The van der Waals surface area contributed by atoms with Gasteiger partial charge in [0.2, 0.25) is 0 Å². The number of ether oxygens (including phenoxy) is 5. The maximum absolute atomic E-state index is 12.8. The maximum Gasteiger partial charge on any atom is 0.513 e. The highest BCUT2D eigenvalue weighted by atomic mass is 16.7. The lowest BCUT2D eigenvalue weighted by Gasteiger charge is -2.28. The molecule has 1 fully saturated rings. The number of rotatable bonds is 9. The van der Waals surface area contributed by atoms with Crippen LogP contribution in [0.1, 0.15) is 65.8 Å². The van der Waals surface area contributed by atoms with Crippen molar-refractivity contribution in [2.75, 3.05) is 13.2 Å². The molecular formula is C27H30O9. The number of hydrogen-bond donors (Lipinski definition) is 0. The third kappa shape index (κ3) is 7.56. The normalized spacial score (nSPS) is 16.9. The van der Waals surface area contributed by atoms with Gasteiger partial charge in [-0.15, -0.1) is 0 Å². The Hall–Kier alpha value is -3.88. The minimum absolute atomic E-state index is 0.0108. The van der Waals surface area contributed by atoms with Gasteiger partial charge in [-0.2, -0.15) is 0 Å². The fourth-order valence-corrected chi connectivity index (χ4v) is 3.90. The Morgan fingerprint density at radius 1 is 0.722 bits per heavy atom. The molecule has 3 rings (SSSR count). The van der Waals surface area contributed by atoms with Crippen LogP contribution in [0.5, 0.6) is 5.75 Å². The third-order valence-corrected chi connectivity index (χ3v) is 5.61. The summed E-state index contributed by atoms with van der Waals surface area (Å²) in [7, 11) is 0. The molecule has 0 aromatic heterocycles. The van der Waals surface area contributed by atoms with Crippen molar-refractivity contribution in [3.05, 3.63) is 65.2 Å². The third-order valence-electron chi connectivity index (χ3n) is 5.61. The van der Waals surface area contributed by atoms with Crippen LogP contribution in [-0.2, 0) is 30.2 Å². The summed E-state index contributed by atoms with van der Waals surface area (Å²) < 4.78 is 26.1. The molecule has 0 aliphatic heterocycles. The average molecular weight is 499 g/mol. The predicted octanol–water partition coefficient (Wildman–Crippen LogP) is 4.65. The van der Waals surface area contributed by atoms with E-state index in [2.05, 4.69) is 0 Å². The van der Waals surface area contributed by atoms with E-state index in [0.717, 1.165) is 0 Å². The van der Waals surface area contributed by atoms with Crippen molar-refractivity contribution in [2.45, 2.75) is 58.2 Å². The van der Waals surface area contributed by atoms with Crippen molar-refractivity contribution >= 4 is 24.1 Å². The lowest BCUT2D eigenvalue weighted by molar-refractivity contribution is -0.142. The Labute approximate surface area is 209 Å². The zero-order chi connectivity index (χ0) is 25.9. The number of carbonyl (C=O) groups excluding carboxylic acids is 4. The topological polar surface area (TPSA) is 114 Å². The van der Waals surface area contributed by atoms with Crippen LogP contribution in [0.2, 0.25) is 0 Å². The molecule has 36 heavy (non-hydrogen) atoms. The molecule has 0 bridgehead atoms. The van der Waals surface area contributed by atoms with Crippen LogP contribution in [0.4, 0.5) is 4.79 Å². The lowest BCUT2D eigenvalue weighted by atomic mass is 9.94. The zero-order valence-corrected chi connectivity index (χ0v) is 20.4. The highest BCUT2D eigenvalue weighted by Gasteiger charge is 2.28.